The Hall–Kier alpha value is -1.64. The van der Waals surface area contributed by atoms with Gasteiger partial charge in [-0.15, -0.1) is 0 Å². The smallest absolute Gasteiger partial charge is 0.142 e. The molecule has 0 radical (unpaired) electrons. The summed E-state index contributed by atoms with van der Waals surface area (Å²) in [6.45, 7) is 0. The summed E-state index contributed by atoms with van der Waals surface area (Å²) < 4.78 is 5.55. The first-order valence-electron chi connectivity index (χ1n) is 7.74. The number of hydrogen-bond acceptors (Lipinski definition) is 2. The zero-order chi connectivity index (χ0) is 16.0. The third-order valence-corrected chi connectivity index (χ3v) is 5.42. The van der Waals surface area contributed by atoms with Crippen LogP contribution in [0, 0.1) is 5.92 Å². The maximum Gasteiger partial charge on any atom is 0.142 e. The van der Waals surface area contributed by atoms with Crippen LogP contribution < -0.4 is 10.1 Å². The molecule has 1 N–H and O–H groups in total. The zero-order valence-electron chi connectivity index (χ0n) is 12.7. The van der Waals surface area contributed by atoms with Gasteiger partial charge in [-0.3, -0.25) is 0 Å². The highest BCUT2D eigenvalue weighted by Crippen LogP contribution is 2.54. The molecule has 0 bridgehead atoms. The Morgan fingerprint density at radius 2 is 2.04 bits per heavy atom. The van der Waals surface area contributed by atoms with Gasteiger partial charge in [0.1, 0.15) is 5.75 Å². The Balaban J connectivity index is 1.86. The van der Waals surface area contributed by atoms with Crippen LogP contribution in [0.2, 0.25) is 10.0 Å². The van der Waals surface area contributed by atoms with Gasteiger partial charge in [0.15, 0.2) is 0 Å². The number of nitrogens with one attached hydrogen (secondary N) is 1. The minimum absolute atomic E-state index is 0.188. The van der Waals surface area contributed by atoms with Gasteiger partial charge in [0.2, 0.25) is 0 Å². The molecule has 2 nitrogen and oxygen atoms in total. The molecule has 3 atom stereocenters. The van der Waals surface area contributed by atoms with E-state index >= 15 is 0 Å². The molecule has 1 aliphatic heterocycles. The van der Waals surface area contributed by atoms with Crippen molar-refractivity contribution in [3.63, 3.8) is 0 Å². The Morgan fingerprint density at radius 3 is 2.83 bits per heavy atom. The molecule has 23 heavy (non-hydrogen) atoms. The van der Waals surface area contributed by atoms with E-state index in [0.29, 0.717) is 11.8 Å². The van der Waals surface area contributed by atoms with Crippen LogP contribution in [-0.2, 0) is 0 Å². The van der Waals surface area contributed by atoms with Crippen molar-refractivity contribution in [3.05, 3.63) is 69.7 Å². The van der Waals surface area contributed by atoms with Gasteiger partial charge in [-0.25, -0.2) is 0 Å². The van der Waals surface area contributed by atoms with E-state index in [1.54, 1.807) is 7.11 Å². The third kappa shape index (κ3) is 2.41. The van der Waals surface area contributed by atoms with Crippen molar-refractivity contribution in [1.82, 2.24) is 0 Å². The number of allylic oxidation sites excluding steroid dienone is 2. The summed E-state index contributed by atoms with van der Waals surface area (Å²) in [6.07, 6.45) is 5.55. The van der Waals surface area contributed by atoms with Gasteiger partial charge in [0.25, 0.3) is 0 Å². The predicted octanol–water partition coefficient (Wildman–Crippen LogP) is 5.83. The molecule has 0 spiro atoms. The lowest BCUT2D eigenvalue weighted by Crippen LogP contribution is -2.29. The zero-order valence-corrected chi connectivity index (χ0v) is 14.2. The van der Waals surface area contributed by atoms with Gasteiger partial charge in [-0.2, -0.15) is 0 Å². The first-order chi connectivity index (χ1) is 11.2. The molecule has 4 heteroatoms. The van der Waals surface area contributed by atoms with Gasteiger partial charge in [0.05, 0.1) is 18.8 Å². The molecule has 0 fully saturated rings. The number of rotatable bonds is 2. The summed E-state index contributed by atoms with van der Waals surface area (Å²) in [4.78, 5) is 0. The summed E-state index contributed by atoms with van der Waals surface area (Å²) in [5.74, 6) is 1.57. The average molecular weight is 346 g/mol. The molecule has 0 aromatic heterocycles. The standard InChI is InChI=1S/C19H17Cl2NO/c1-23-16-9-8-15(21)17-13-6-3-7-14(13)18(22-19(16)17)11-4-2-5-12(20)10-11/h2-6,8-10,13-14,18,22H,7H2,1H3/t13?,14?,18-/m0/s1. The van der Waals surface area contributed by atoms with E-state index < -0.39 is 0 Å². The highest BCUT2D eigenvalue weighted by Gasteiger charge is 2.40. The molecule has 2 aromatic carbocycles. The Morgan fingerprint density at radius 1 is 1.17 bits per heavy atom. The topological polar surface area (TPSA) is 21.3 Å². The van der Waals surface area contributed by atoms with Crippen molar-refractivity contribution in [2.75, 3.05) is 12.4 Å². The predicted molar refractivity (Wildman–Crippen MR) is 95.8 cm³/mol. The van der Waals surface area contributed by atoms with E-state index in [2.05, 4.69) is 23.5 Å². The van der Waals surface area contributed by atoms with Crippen LogP contribution in [-0.4, -0.2) is 7.11 Å². The Kier molecular flexibility index (Phi) is 3.74. The van der Waals surface area contributed by atoms with Crippen LogP contribution in [0.4, 0.5) is 5.69 Å². The van der Waals surface area contributed by atoms with Crippen LogP contribution in [0.5, 0.6) is 5.75 Å². The minimum Gasteiger partial charge on any atom is -0.495 e. The number of ether oxygens (including phenoxy) is 1. The monoisotopic (exact) mass is 345 g/mol. The minimum atomic E-state index is 0.188. The molecule has 0 saturated heterocycles. The van der Waals surface area contributed by atoms with Crippen molar-refractivity contribution in [2.45, 2.75) is 18.4 Å². The van der Waals surface area contributed by atoms with E-state index in [1.807, 2.05) is 30.3 Å². The van der Waals surface area contributed by atoms with Crippen LogP contribution >= 0.6 is 23.2 Å². The highest BCUT2D eigenvalue weighted by molar-refractivity contribution is 6.32. The van der Waals surface area contributed by atoms with E-state index in [0.717, 1.165) is 33.5 Å². The molecule has 0 amide bonds. The summed E-state index contributed by atoms with van der Waals surface area (Å²) >= 11 is 12.7. The van der Waals surface area contributed by atoms with E-state index in [-0.39, 0.29) is 6.04 Å². The molecule has 0 saturated carbocycles. The van der Waals surface area contributed by atoms with Gasteiger partial charge in [0, 0.05) is 21.5 Å². The maximum absolute atomic E-state index is 6.51. The summed E-state index contributed by atoms with van der Waals surface area (Å²) in [5, 5.41) is 5.22. The number of anilines is 1. The van der Waals surface area contributed by atoms with Crippen molar-refractivity contribution < 1.29 is 4.74 Å². The molecule has 2 aromatic rings. The van der Waals surface area contributed by atoms with Crippen molar-refractivity contribution in [2.24, 2.45) is 5.92 Å². The van der Waals surface area contributed by atoms with Gasteiger partial charge in [-0.05, 0) is 42.2 Å². The molecule has 4 rings (SSSR count). The van der Waals surface area contributed by atoms with Gasteiger partial charge < -0.3 is 10.1 Å². The van der Waals surface area contributed by atoms with Gasteiger partial charge >= 0.3 is 0 Å². The quantitative estimate of drug-likeness (QED) is 0.691. The number of benzene rings is 2. The first-order valence-corrected chi connectivity index (χ1v) is 8.49. The van der Waals surface area contributed by atoms with E-state index in [9.17, 15) is 0 Å². The molecule has 118 valence electrons. The van der Waals surface area contributed by atoms with Crippen LogP contribution in [0.15, 0.2) is 48.6 Å². The molecule has 2 unspecified atom stereocenters. The summed E-state index contributed by atoms with van der Waals surface area (Å²) in [5.41, 5.74) is 3.34. The number of halogens is 2. The maximum atomic E-state index is 6.51. The molecule has 1 heterocycles. The second-order valence-corrected chi connectivity index (χ2v) is 6.91. The Bertz CT molecular complexity index is 787. The van der Waals surface area contributed by atoms with E-state index in [4.69, 9.17) is 27.9 Å². The van der Waals surface area contributed by atoms with Crippen molar-refractivity contribution >= 4 is 28.9 Å². The number of hydrogen-bond donors (Lipinski definition) is 1. The van der Waals surface area contributed by atoms with Crippen LogP contribution in [0.25, 0.3) is 0 Å². The third-order valence-electron chi connectivity index (χ3n) is 4.86. The van der Waals surface area contributed by atoms with Crippen LogP contribution in [0.1, 0.15) is 29.5 Å². The highest BCUT2D eigenvalue weighted by atomic mass is 35.5. The fourth-order valence-electron chi connectivity index (χ4n) is 3.84. The van der Waals surface area contributed by atoms with Crippen molar-refractivity contribution in [1.29, 1.82) is 0 Å². The molecular weight excluding hydrogens is 329 g/mol. The SMILES string of the molecule is COc1ccc(Cl)c2c1N[C@@H](c1cccc(Cl)c1)C1CC=CC21. The largest absolute Gasteiger partial charge is 0.495 e. The fraction of sp³-hybridized carbons (Fsp3) is 0.263. The van der Waals surface area contributed by atoms with Crippen molar-refractivity contribution in [3.8, 4) is 5.75 Å². The Labute approximate surface area is 146 Å². The number of fused-ring (bicyclic) bond motifs is 3. The molecule has 2 aliphatic rings. The summed E-state index contributed by atoms with van der Waals surface area (Å²) in [6, 6.07) is 12.1. The summed E-state index contributed by atoms with van der Waals surface area (Å²) in [7, 11) is 1.69. The molecular formula is C19H17Cl2NO. The lowest BCUT2D eigenvalue weighted by molar-refractivity contribution is 0.397. The molecule has 1 aliphatic carbocycles. The average Bonchev–Trinajstić information content (AvgIpc) is 3.03. The number of methoxy groups -OCH3 is 1. The normalized spacial score (nSPS) is 24.7. The fourth-order valence-corrected chi connectivity index (χ4v) is 4.32. The lowest BCUT2D eigenvalue weighted by Gasteiger charge is -2.38. The second kappa shape index (κ2) is 5.77. The lowest BCUT2D eigenvalue weighted by atomic mass is 9.77. The first kappa shape index (κ1) is 14.9. The van der Waals surface area contributed by atoms with E-state index in [1.165, 1.54) is 5.56 Å². The second-order valence-electron chi connectivity index (χ2n) is 6.07. The van der Waals surface area contributed by atoms with Gasteiger partial charge in [-0.1, -0.05) is 47.5 Å². The van der Waals surface area contributed by atoms with Crippen LogP contribution in [0.3, 0.4) is 0 Å².